The lowest BCUT2D eigenvalue weighted by molar-refractivity contribution is -0.127. The lowest BCUT2D eigenvalue weighted by Gasteiger charge is -2.17. The van der Waals surface area contributed by atoms with E-state index in [9.17, 15) is 4.79 Å². The van der Waals surface area contributed by atoms with Crippen molar-refractivity contribution in [2.24, 2.45) is 0 Å². The van der Waals surface area contributed by atoms with Crippen molar-refractivity contribution in [3.8, 4) is 5.75 Å². The summed E-state index contributed by atoms with van der Waals surface area (Å²) in [6, 6.07) is 7.69. The number of hydrogen-bond acceptors (Lipinski definition) is 4. The first-order valence-corrected chi connectivity index (χ1v) is 6.61. The van der Waals surface area contributed by atoms with Crippen molar-refractivity contribution in [2.75, 3.05) is 19.9 Å². The van der Waals surface area contributed by atoms with Crippen molar-refractivity contribution in [1.29, 1.82) is 0 Å². The van der Waals surface area contributed by atoms with Crippen LogP contribution < -0.4 is 4.74 Å². The van der Waals surface area contributed by atoms with E-state index >= 15 is 0 Å². The molecule has 1 aromatic rings. The molecule has 0 aliphatic heterocycles. The summed E-state index contributed by atoms with van der Waals surface area (Å²) in [5, 5.41) is 0. The van der Waals surface area contributed by atoms with Crippen LogP contribution in [0, 0.1) is 0 Å². The van der Waals surface area contributed by atoms with E-state index in [1.807, 2.05) is 24.3 Å². The van der Waals surface area contributed by atoms with Gasteiger partial charge >= 0.3 is 0 Å². The van der Waals surface area contributed by atoms with Crippen molar-refractivity contribution in [3.05, 3.63) is 29.8 Å². The van der Waals surface area contributed by atoms with Gasteiger partial charge in [-0.1, -0.05) is 24.4 Å². The number of carbonyl (C=O) groups excluding carboxylic acids is 1. The quantitative estimate of drug-likeness (QED) is 0.741. The monoisotopic (exact) mass is 269 g/mol. The summed E-state index contributed by atoms with van der Waals surface area (Å²) in [7, 11) is 3.41. The van der Waals surface area contributed by atoms with Crippen LogP contribution in [-0.2, 0) is 11.3 Å². The molecule has 0 atom stereocenters. The SMILES string of the molecule is COc1cccc(CN(C)C(=O)CSC=S)c1. The molecule has 0 fully saturated rings. The lowest BCUT2D eigenvalue weighted by Crippen LogP contribution is -2.27. The third-order valence-corrected chi connectivity index (χ3v) is 3.21. The summed E-state index contributed by atoms with van der Waals surface area (Å²) in [4.78, 5) is 13.3. The van der Waals surface area contributed by atoms with Gasteiger partial charge in [0.1, 0.15) is 5.75 Å². The fraction of sp³-hybridized carbons (Fsp3) is 0.333. The molecule has 0 N–H and O–H groups in total. The minimum absolute atomic E-state index is 0.0684. The van der Waals surface area contributed by atoms with Gasteiger partial charge in [-0.05, 0) is 17.7 Å². The number of benzene rings is 1. The second-order valence-electron chi connectivity index (χ2n) is 3.51. The molecule has 17 heavy (non-hydrogen) atoms. The van der Waals surface area contributed by atoms with Gasteiger partial charge in [-0.2, -0.15) is 0 Å². The van der Waals surface area contributed by atoms with Gasteiger partial charge in [0.2, 0.25) is 5.91 Å². The molecule has 1 aromatic carbocycles. The van der Waals surface area contributed by atoms with E-state index in [2.05, 4.69) is 12.2 Å². The van der Waals surface area contributed by atoms with Crippen molar-refractivity contribution in [3.63, 3.8) is 0 Å². The average Bonchev–Trinajstić information content (AvgIpc) is 2.36. The number of methoxy groups -OCH3 is 1. The maximum absolute atomic E-state index is 11.7. The summed E-state index contributed by atoms with van der Waals surface area (Å²) in [6.45, 7) is 0.577. The second kappa shape index (κ2) is 7.29. The molecule has 0 aliphatic carbocycles. The molecule has 1 amide bonds. The van der Waals surface area contributed by atoms with Crippen molar-refractivity contribution < 1.29 is 9.53 Å². The fourth-order valence-corrected chi connectivity index (χ4v) is 1.98. The Bertz CT molecular complexity index is 396. The molecule has 92 valence electrons. The summed E-state index contributed by atoms with van der Waals surface area (Å²) >= 11 is 6.01. The van der Waals surface area contributed by atoms with E-state index < -0.39 is 0 Å². The van der Waals surface area contributed by atoms with Crippen LogP contribution in [0.25, 0.3) is 0 Å². The van der Waals surface area contributed by atoms with Gasteiger partial charge in [-0.3, -0.25) is 4.79 Å². The van der Waals surface area contributed by atoms with E-state index in [1.165, 1.54) is 16.5 Å². The molecule has 0 heterocycles. The van der Waals surface area contributed by atoms with E-state index in [0.717, 1.165) is 11.3 Å². The zero-order valence-corrected chi connectivity index (χ0v) is 11.5. The first-order valence-electron chi connectivity index (χ1n) is 5.09. The van der Waals surface area contributed by atoms with E-state index in [4.69, 9.17) is 4.74 Å². The molecular formula is C12H15NO2S2. The van der Waals surface area contributed by atoms with Crippen LogP contribution in [0.15, 0.2) is 24.3 Å². The van der Waals surface area contributed by atoms with Gasteiger partial charge in [-0.25, -0.2) is 0 Å². The minimum Gasteiger partial charge on any atom is -0.497 e. The highest BCUT2D eigenvalue weighted by Crippen LogP contribution is 2.14. The molecule has 3 nitrogen and oxygen atoms in total. The average molecular weight is 269 g/mol. The van der Waals surface area contributed by atoms with Gasteiger partial charge in [0.05, 0.1) is 12.9 Å². The highest BCUT2D eigenvalue weighted by molar-refractivity contribution is 8.21. The number of thiocarbonyl (C=S) groups is 1. The summed E-state index contributed by atoms with van der Waals surface area (Å²) < 4.78 is 6.65. The topological polar surface area (TPSA) is 29.5 Å². The highest BCUT2D eigenvalue weighted by atomic mass is 32.2. The van der Waals surface area contributed by atoms with Crippen LogP contribution in [0.4, 0.5) is 0 Å². The number of nitrogens with zero attached hydrogens (tertiary/aromatic N) is 1. The fourth-order valence-electron chi connectivity index (χ4n) is 1.35. The Morgan fingerprint density at radius 1 is 1.59 bits per heavy atom. The van der Waals surface area contributed by atoms with Crippen LogP contribution in [0.5, 0.6) is 5.75 Å². The first kappa shape index (κ1) is 14.0. The Morgan fingerprint density at radius 3 is 3.00 bits per heavy atom. The van der Waals surface area contributed by atoms with Crippen LogP contribution >= 0.6 is 24.0 Å². The maximum atomic E-state index is 11.7. The van der Waals surface area contributed by atoms with Crippen LogP contribution in [0.3, 0.4) is 0 Å². The largest absolute Gasteiger partial charge is 0.497 e. The Labute approximate surface area is 111 Å². The number of carbonyl (C=O) groups is 1. The first-order chi connectivity index (χ1) is 8.17. The molecule has 0 spiro atoms. The smallest absolute Gasteiger partial charge is 0.232 e. The molecule has 0 bridgehead atoms. The van der Waals surface area contributed by atoms with Crippen molar-refractivity contribution in [1.82, 2.24) is 4.90 Å². The van der Waals surface area contributed by atoms with Crippen LogP contribution in [0.1, 0.15) is 5.56 Å². The summed E-state index contributed by atoms with van der Waals surface area (Å²) in [5.74, 6) is 1.26. The molecule has 0 unspecified atom stereocenters. The molecule has 0 saturated heterocycles. The molecule has 0 aliphatic rings. The van der Waals surface area contributed by atoms with Gasteiger partial charge in [0, 0.05) is 18.3 Å². The molecule has 5 heteroatoms. The third kappa shape index (κ3) is 4.75. The second-order valence-corrected chi connectivity index (χ2v) is 4.90. The normalized spacial score (nSPS) is 9.76. The van der Waals surface area contributed by atoms with E-state index in [1.54, 1.807) is 19.1 Å². The molecule has 0 aromatic heterocycles. The van der Waals surface area contributed by atoms with Crippen LogP contribution in [-0.4, -0.2) is 35.4 Å². The predicted molar refractivity (Wildman–Crippen MR) is 75.6 cm³/mol. The molecule has 1 rings (SSSR count). The zero-order chi connectivity index (χ0) is 12.7. The van der Waals surface area contributed by atoms with Crippen LogP contribution in [0.2, 0.25) is 0 Å². The number of thioether (sulfide) groups is 1. The Hall–Kier alpha value is -1.07. The predicted octanol–water partition coefficient (Wildman–Crippen LogP) is 2.34. The van der Waals surface area contributed by atoms with Crippen molar-refractivity contribution in [2.45, 2.75) is 6.54 Å². The highest BCUT2D eigenvalue weighted by Gasteiger charge is 2.08. The van der Waals surface area contributed by atoms with E-state index in [-0.39, 0.29) is 5.91 Å². The Balaban J connectivity index is 2.57. The minimum atomic E-state index is 0.0684. The zero-order valence-electron chi connectivity index (χ0n) is 9.88. The maximum Gasteiger partial charge on any atom is 0.232 e. The van der Waals surface area contributed by atoms with Crippen molar-refractivity contribution >= 4 is 34.6 Å². The molecule has 0 saturated carbocycles. The number of ether oxygens (including phenoxy) is 1. The summed E-state index contributed by atoms with van der Waals surface area (Å²) in [5.41, 5.74) is 1.05. The standard InChI is InChI=1S/C12H15NO2S2/c1-13(12(14)8-17-9-16)7-10-4-3-5-11(6-10)15-2/h3-6,9H,7-8H2,1-2H3. The molecular weight excluding hydrogens is 254 g/mol. The van der Waals surface area contributed by atoms with Gasteiger partial charge in [0.25, 0.3) is 0 Å². The van der Waals surface area contributed by atoms with Gasteiger partial charge in [0.15, 0.2) is 0 Å². The third-order valence-electron chi connectivity index (χ3n) is 2.25. The molecule has 0 radical (unpaired) electrons. The summed E-state index contributed by atoms with van der Waals surface area (Å²) in [6.07, 6.45) is 0. The Kier molecular flexibility index (Phi) is 6.00. The number of rotatable bonds is 6. The number of hydrogen-bond donors (Lipinski definition) is 0. The number of amides is 1. The van der Waals surface area contributed by atoms with Gasteiger partial charge in [-0.15, -0.1) is 11.8 Å². The van der Waals surface area contributed by atoms with Gasteiger partial charge < -0.3 is 9.64 Å². The lowest BCUT2D eigenvalue weighted by atomic mass is 10.2. The Morgan fingerprint density at radius 2 is 2.35 bits per heavy atom. The van der Waals surface area contributed by atoms with E-state index in [0.29, 0.717) is 12.3 Å².